The Hall–Kier alpha value is -3.03. The molecule has 2 aromatic carbocycles. The fourth-order valence-corrected chi connectivity index (χ4v) is 8.14. The van der Waals surface area contributed by atoms with E-state index >= 15 is 0 Å². The molecule has 228 valence electrons. The van der Waals surface area contributed by atoms with Gasteiger partial charge in [0, 0.05) is 49.3 Å². The number of hydrogen-bond acceptors (Lipinski definition) is 6. The summed E-state index contributed by atoms with van der Waals surface area (Å²) in [5, 5.41) is 0.0229. The quantitative estimate of drug-likeness (QED) is 0.295. The molecule has 3 aromatic rings. The molecule has 5 rings (SSSR count). The lowest BCUT2D eigenvalue weighted by atomic mass is 10.1. The van der Waals surface area contributed by atoms with E-state index in [0.717, 1.165) is 12.1 Å². The highest BCUT2D eigenvalue weighted by atomic mass is 35.5. The van der Waals surface area contributed by atoms with Crippen LogP contribution < -0.4 is 10.6 Å². The van der Waals surface area contributed by atoms with Crippen molar-refractivity contribution in [2.45, 2.75) is 55.0 Å². The van der Waals surface area contributed by atoms with Gasteiger partial charge in [0.05, 0.1) is 28.8 Å². The van der Waals surface area contributed by atoms with Gasteiger partial charge in [-0.25, -0.2) is 14.0 Å². The second-order valence-corrected chi connectivity index (χ2v) is 13.9. The third-order valence-electron chi connectivity index (χ3n) is 7.20. The van der Waals surface area contributed by atoms with Crippen LogP contribution in [0.4, 0.5) is 28.2 Å². The SMILES string of the molecule is CO[C@H]1Cn2c(=O)nc(N3CCN(C(=O)OC(C)(C)C)CC3)c3cc(C(F)(F)F)cc(c32)[SH](c2ccc(F)c(Cl)c2)C1. The van der Waals surface area contributed by atoms with Crippen LogP contribution in [-0.4, -0.2) is 71.3 Å². The lowest BCUT2D eigenvalue weighted by molar-refractivity contribution is -0.137. The van der Waals surface area contributed by atoms with Gasteiger partial charge in [0.1, 0.15) is 17.2 Å². The van der Waals surface area contributed by atoms with E-state index in [0.29, 0.717) is 15.3 Å². The van der Waals surface area contributed by atoms with Gasteiger partial charge >= 0.3 is 18.0 Å². The maximum Gasteiger partial charge on any atom is 0.416 e. The molecule has 14 heteroatoms. The lowest BCUT2D eigenvalue weighted by Gasteiger charge is -2.36. The van der Waals surface area contributed by atoms with Crippen LogP contribution in [0.15, 0.2) is 44.9 Å². The second-order valence-electron chi connectivity index (χ2n) is 11.2. The van der Waals surface area contributed by atoms with E-state index in [4.69, 9.17) is 21.1 Å². The van der Waals surface area contributed by atoms with Crippen LogP contribution in [0.1, 0.15) is 26.3 Å². The van der Waals surface area contributed by atoms with Crippen LogP contribution in [-0.2, 0) is 22.2 Å². The zero-order valence-electron chi connectivity index (χ0n) is 23.5. The van der Waals surface area contributed by atoms with Gasteiger partial charge in [-0.2, -0.15) is 29.1 Å². The molecule has 0 N–H and O–H groups in total. The molecule has 0 bridgehead atoms. The number of carbonyl (C=O) groups is 1. The highest BCUT2D eigenvalue weighted by Crippen LogP contribution is 2.52. The molecule has 1 aromatic heterocycles. The van der Waals surface area contributed by atoms with E-state index in [1.54, 1.807) is 25.7 Å². The number of amides is 1. The Bertz CT molecular complexity index is 1590. The predicted molar refractivity (Wildman–Crippen MR) is 154 cm³/mol. The molecule has 1 amide bonds. The van der Waals surface area contributed by atoms with Gasteiger partial charge in [-0.3, -0.25) is 4.57 Å². The van der Waals surface area contributed by atoms with Gasteiger partial charge < -0.3 is 19.3 Å². The number of methoxy groups -OCH3 is 1. The van der Waals surface area contributed by atoms with Crippen molar-refractivity contribution in [1.82, 2.24) is 14.5 Å². The first-order valence-corrected chi connectivity index (χ1v) is 15.2. The van der Waals surface area contributed by atoms with Gasteiger partial charge in [0.25, 0.3) is 0 Å². The van der Waals surface area contributed by atoms with Gasteiger partial charge in [-0.15, -0.1) is 0 Å². The summed E-state index contributed by atoms with van der Waals surface area (Å²) in [5.74, 6) is -0.239. The summed E-state index contributed by atoms with van der Waals surface area (Å²) in [6.07, 6.45) is -5.70. The Morgan fingerprint density at radius 2 is 1.79 bits per heavy atom. The van der Waals surface area contributed by atoms with Crippen LogP contribution in [0, 0.1) is 5.82 Å². The molecule has 42 heavy (non-hydrogen) atoms. The van der Waals surface area contributed by atoms with E-state index in [1.807, 2.05) is 0 Å². The van der Waals surface area contributed by atoms with E-state index in [9.17, 15) is 27.2 Å². The minimum atomic E-state index is -4.69. The molecule has 2 atom stereocenters. The molecule has 0 saturated carbocycles. The number of carbonyl (C=O) groups excluding carboxylic acids is 1. The van der Waals surface area contributed by atoms with Crippen LogP contribution in [0.25, 0.3) is 10.9 Å². The Balaban J connectivity index is 1.67. The first-order chi connectivity index (χ1) is 19.7. The average molecular weight is 631 g/mol. The normalized spacial score (nSPS) is 20.5. The maximum absolute atomic E-state index is 14.3. The van der Waals surface area contributed by atoms with Crippen molar-refractivity contribution in [1.29, 1.82) is 0 Å². The van der Waals surface area contributed by atoms with E-state index in [-0.39, 0.29) is 54.7 Å². The third kappa shape index (κ3) is 6.04. The zero-order valence-corrected chi connectivity index (χ0v) is 25.1. The number of nitrogens with zero attached hydrogens (tertiary/aromatic N) is 4. The number of piperazine rings is 1. The zero-order chi connectivity index (χ0) is 30.6. The molecule has 1 fully saturated rings. The van der Waals surface area contributed by atoms with Crippen LogP contribution in [0.3, 0.4) is 0 Å². The van der Waals surface area contributed by atoms with Crippen molar-refractivity contribution in [2.24, 2.45) is 0 Å². The molecular formula is C28H31ClF4N4O4S. The number of benzene rings is 2. The summed E-state index contributed by atoms with van der Waals surface area (Å²) in [7, 11) is -0.0856. The number of ether oxygens (including phenoxy) is 2. The first-order valence-electron chi connectivity index (χ1n) is 13.3. The Labute approximate surface area is 247 Å². The fraction of sp³-hybridized carbons (Fsp3) is 0.464. The Kier molecular flexibility index (Phi) is 8.14. The number of hydrogen-bond donors (Lipinski definition) is 1. The van der Waals surface area contributed by atoms with Crippen LogP contribution >= 0.6 is 22.5 Å². The average Bonchev–Trinajstić information content (AvgIpc) is 3.08. The number of aromatic nitrogens is 2. The number of anilines is 1. The van der Waals surface area contributed by atoms with Crippen molar-refractivity contribution in [3.8, 4) is 0 Å². The number of thiol groups is 1. The second kappa shape index (κ2) is 11.2. The molecule has 0 aliphatic carbocycles. The molecule has 0 radical (unpaired) electrons. The van der Waals surface area contributed by atoms with Crippen LogP contribution in [0.5, 0.6) is 0 Å². The van der Waals surface area contributed by atoms with Gasteiger partial charge in [0.15, 0.2) is 0 Å². The minimum absolute atomic E-state index is 0.0810. The van der Waals surface area contributed by atoms with Crippen molar-refractivity contribution in [2.75, 3.05) is 43.9 Å². The Morgan fingerprint density at radius 3 is 2.38 bits per heavy atom. The van der Waals surface area contributed by atoms with E-state index in [1.165, 1.54) is 34.8 Å². The van der Waals surface area contributed by atoms with Crippen molar-refractivity contribution >= 4 is 45.3 Å². The minimum Gasteiger partial charge on any atom is -0.444 e. The standard InChI is InChI=1S/C28H31ClF4N4O4S/c1-27(2,3)41-26(39)36-9-7-35(8-10-36)24-19-11-16(28(31,32)33)12-22-23(19)37(25(38)34-24)14-17(40-4)15-42(22)18-5-6-21(30)20(29)13-18/h5-6,11-13,17,42H,7-10,14-15H2,1-4H3/t17-/m0/s1. The summed E-state index contributed by atoms with van der Waals surface area (Å²) in [6.45, 7) is 6.31. The summed E-state index contributed by atoms with van der Waals surface area (Å²) in [4.78, 5) is 34.4. The number of alkyl halides is 3. The van der Waals surface area contributed by atoms with Crippen molar-refractivity contribution in [3.05, 3.63) is 57.2 Å². The van der Waals surface area contributed by atoms with E-state index in [2.05, 4.69) is 4.98 Å². The van der Waals surface area contributed by atoms with E-state index < -0.39 is 51.9 Å². The van der Waals surface area contributed by atoms with Gasteiger partial charge in [-0.1, -0.05) is 11.6 Å². The summed E-state index contributed by atoms with van der Waals surface area (Å²) >= 11 is 6.09. The third-order valence-corrected chi connectivity index (χ3v) is 10.1. The Morgan fingerprint density at radius 1 is 1.10 bits per heavy atom. The molecule has 0 spiro atoms. The van der Waals surface area contributed by atoms with Crippen molar-refractivity contribution in [3.63, 3.8) is 0 Å². The smallest absolute Gasteiger partial charge is 0.416 e. The molecular weight excluding hydrogens is 600 g/mol. The molecule has 3 heterocycles. The van der Waals surface area contributed by atoms with Crippen LogP contribution in [0.2, 0.25) is 5.02 Å². The molecule has 1 saturated heterocycles. The van der Waals surface area contributed by atoms with Gasteiger partial charge in [-0.05, 0) is 56.0 Å². The topological polar surface area (TPSA) is 76.9 Å². The molecule has 8 nitrogen and oxygen atoms in total. The maximum atomic E-state index is 14.3. The van der Waals surface area contributed by atoms with Crippen molar-refractivity contribution < 1.29 is 31.8 Å². The monoisotopic (exact) mass is 630 g/mol. The molecule has 1 unspecified atom stereocenters. The first kappa shape index (κ1) is 30.4. The lowest BCUT2D eigenvalue weighted by Crippen LogP contribution is -2.50. The molecule has 2 aliphatic heterocycles. The fourth-order valence-electron chi connectivity index (χ4n) is 5.20. The summed E-state index contributed by atoms with van der Waals surface area (Å²) in [5.41, 5.74) is -1.86. The number of halogens is 5. The summed E-state index contributed by atoms with van der Waals surface area (Å²) < 4.78 is 69.5. The number of rotatable bonds is 3. The highest BCUT2D eigenvalue weighted by Gasteiger charge is 2.36. The predicted octanol–water partition coefficient (Wildman–Crippen LogP) is 5.71. The summed E-state index contributed by atoms with van der Waals surface area (Å²) in [6, 6.07) is 6.22. The largest absolute Gasteiger partial charge is 0.444 e. The van der Waals surface area contributed by atoms with Gasteiger partial charge in [0.2, 0.25) is 0 Å². The highest BCUT2D eigenvalue weighted by molar-refractivity contribution is 8.17. The molecule has 2 aliphatic rings.